The topological polar surface area (TPSA) is 44.8 Å². The number of ether oxygens (including phenoxy) is 1. The minimum Gasteiger partial charge on any atom is -0.378 e. The van der Waals surface area contributed by atoms with Gasteiger partial charge in [-0.25, -0.2) is 0 Å². The van der Waals surface area contributed by atoms with Crippen LogP contribution < -0.4 is 15.1 Å². The molecule has 5 nitrogen and oxygen atoms in total. The summed E-state index contributed by atoms with van der Waals surface area (Å²) < 4.78 is 5.53. The fraction of sp³-hybridized carbons (Fsp3) is 0.346. The third-order valence-electron chi connectivity index (χ3n) is 6.23. The van der Waals surface area contributed by atoms with E-state index in [-0.39, 0.29) is 5.91 Å². The predicted molar refractivity (Wildman–Crippen MR) is 133 cm³/mol. The Balaban J connectivity index is 1.36. The van der Waals surface area contributed by atoms with Crippen LogP contribution in [-0.2, 0) is 4.74 Å². The normalized spacial score (nSPS) is 18.7. The van der Waals surface area contributed by atoms with E-state index in [9.17, 15) is 4.79 Å². The second-order valence-electron chi connectivity index (χ2n) is 8.64. The number of hydrogen-bond acceptors (Lipinski definition) is 5. The van der Waals surface area contributed by atoms with Gasteiger partial charge >= 0.3 is 0 Å². The Kier molecular flexibility index (Phi) is 6.14. The summed E-state index contributed by atoms with van der Waals surface area (Å²) in [7, 11) is 0. The summed E-state index contributed by atoms with van der Waals surface area (Å²) >= 11 is 1.56. The Hall–Kier alpha value is -2.83. The highest BCUT2D eigenvalue weighted by atomic mass is 32.1. The van der Waals surface area contributed by atoms with E-state index in [1.807, 2.05) is 36.4 Å². The van der Waals surface area contributed by atoms with Gasteiger partial charge in [-0.2, -0.15) is 0 Å². The van der Waals surface area contributed by atoms with E-state index in [2.05, 4.69) is 46.3 Å². The van der Waals surface area contributed by atoms with Crippen LogP contribution in [0.25, 0.3) is 11.1 Å². The van der Waals surface area contributed by atoms with Gasteiger partial charge in [0, 0.05) is 43.1 Å². The van der Waals surface area contributed by atoms with Crippen LogP contribution >= 0.6 is 11.3 Å². The monoisotopic (exact) mass is 447 g/mol. The Morgan fingerprint density at radius 2 is 1.75 bits per heavy atom. The van der Waals surface area contributed by atoms with Crippen molar-refractivity contribution in [2.75, 3.05) is 54.5 Å². The van der Waals surface area contributed by atoms with E-state index < -0.39 is 0 Å². The van der Waals surface area contributed by atoms with E-state index >= 15 is 0 Å². The maximum Gasteiger partial charge on any atom is 0.265 e. The fourth-order valence-corrected chi connectivity index (χ4v) is 5.56. The molecule has 1 atom stereocenters. The van der Waals surface area contributed by atoms with Crippen LogP contribution in [0.4, 0.5) is 16.4 Å². The summed E-state index contributed by atoms with van der Waals surface area (Å²) in [5.41, 5.74) is 4.30. The molecule has 2 aliphatic heterocycles. The molecule has 2 aliphatic rings. The number of morpholine rings is 1. The first-order valence-corrected chi connectivity index (χ1v) is 12.2. The number of carbonyl (C=O) groups is 1. The van der Waals surface area contributed by atoms with Crippen molar-refractivity contribution in [2.45, 2.75) is 13.3 Å². The highest BCUT2D eigenvalue weighted by molar-refractivity contribution is 7.18. The molecule has 3 heterocycles. The number of nitrogens with zero attached hydrogens (tertiary/aromatic N) is 2. The van der Waals surface area contributed by atoms with Crippen LogP contribution in [-0.4, -0.2) is 45.3 Å². The van der Waals surface area contributed by atoms with Gasteiger partial charge in [-0.1, -0.05) is 37.3 Å². The molecule has 0 aliphatic carbocycles. The first-order chi connectivity index (χ1) is 15.7. The molecule has 166 valence electrons. The summed E-state index contributed by atoms with van der Waals surface area (Å²) in [5, 5.41) is 4.23. The number of rotatable bonds is 5. The van der Waals surface area contributed by atoms with Gasteiger partial charge in [0.05, 0.1) is 23.1 Å². The summed E-state index contributed by atoms with van der Waals surface area (Å²) in [5.74, 6) is 0.682. The molecule has 3 aromatic rings. The molecule has 0 saturated carbocycles. The SMILES string of the molecule is CC1CCN(c2ccc(NC(=O)c3cc(-c4ccccc4)c(N4CCOCC4)s3)cc2)C1. The second kappa shape index (κ2) is 9.35. The summed E-state index contributed by atoms with van der Waals surface area (Å²) in [6.45, 7) is 7.63. The standard InChI is InChI=1S/C26H29N3O2S/c1-19-11-12-29(18-19)22-9-7-21(8-10-22)27-25(30)24-17-23(20-5-3-2-4-6-20)26(32-24)28-13-15-31-16-14-28/h2-10,17,19H,11-16,18H2,1H3,(H,27,30). The molecule has 6 heteroatoms. The van der Waals surface area contributed by atoms with Crippen molar-refractivity contribution in [2.24, 2.45) is 5.92 Å². The average Bonchev–Trinajstić information content (AvgIpc) is 3.48. The Morgan fingerprint density at radius 1 is 1.00 bits per heavy atom. The minimum atomic E-state index is -0.0609. The molecular weight excluding hydrogens is 418 g/mol. The molecule has 1 N–H and O–H groups in total. The number of benzene rings is 2. The Labute approximate surface area is 193 Å². The molecule has 32 heavy (non-hydrogen) atoms. The largest absolute Gasteiger partial charge is 0.378 e. The van der Waals surface area contributed by atoms with Crippen molar-refractivity contribution in [1.82, 2.24) is 0 Å². The lowest BCUT2D eigenvalue weighted by atomic mass is 10.1. The fourth-order valence-electron chi connectivity index (χ4n) is 4.44. The maximum atomic E-state index is 13.1. The van der Waals surface area contributed by atoms with Crippen LogP contribution in [0, 0.1) is 5.92 Å². The Morgan fingerprint density at radius 3 is 2.44 bits per heavy atom. The third kappa shape index (κ3) is 4.52. The zero-order valence-corrected chi connectivity index (χ0v) is 19.2. The van der Waals surface area contributed by atoms with Crippen molar-refractivity contribution < 1.29 is 9.53 Å². The van der Waals surface area contributed by atoms with Crippen LogP contribution in [0.1, 0.15) is 23.0 Å². The quantitative estimate of drug-likeness (QED) is 0.573. The van der Waals surface area contributed by atoms with E-state index in [0.29, 0.717) is 0 Å². The first kappa shape index (κ1) is 21.0. The number of thiophene rings is 1. The lowest BCUT2D eigenvalue weighted by molar-refractivity contribution is 0.103. The Bertz CT molecular complexity index is 1060. The number of nitrogens with one attached hydrogen (secondary N) is 1. The van der Waals surface area contributed by atoms with Crippen molar-refractivity contribution in [3.63, 3.8) is 0 Å². The summed E-state index contributed by atoms with van der Waals surface area (Å²) in [6.07, 6.45) is 1.24. The van der Waals surface area contributed by atoms with E-state index in [1.165, 1.54) is 12.1 Å². The average molecular weight is 448 g/mol. The second-order valence-corrected chi connectivity index (χ2v) is 9.67. The van der Waals surface area contributed by atoms with Crippen LogP contribution in [0.15, 0.2) is 60.7 Å². The number of amides is 1. The van der Waals surface area contributed by atoms with Gasteiger partial charge in [0.15, 0.2) is 0 Å². The summed E-state index contributed by atoms with van der Waals surface area (Å²) in [4.78, 5) is 18.6. The zero-order chi connectivity index (χ0) is 21.9. The number of anilines is 3. The molecule has 0 bridgehead atoms. The van der Waals surface area contributed by atoms with E-state index in [1.54, 1.807) is 11.3 Å². The first-order valence-electron chi connectivity index (χ1n) is 11.4. The number of hydrogen-bond donors (Lipinski definition) is 1. The molecule has 2 saturated heterocycles. The van der Waals surface area contributed by atoms with Gasteiger partial charge in [0.25, 0.3) is 5.91 Å². The molecule has 0 radical (unpaired) electrons. The molecule has 1 aromatic heterocycles. The van der Waals surface area contributed by atoms with Crippen molar-refractivity contribution in [1.29, 1.82) is 0 Å². The van der Waals surface area contributed by atoms with E-state index in [0.717, 1.165) is 72.0 Å². The maximum absolute atomic E-state index is 13.1. The zero-order valence-electron chi connectivity index (χ0n) is 18.4. The predicted octanol–water partition coefficient (Wildman–Crippen LogP) is 5.35. The van der Waals surface area contributed by atoms with Gasteiger partial charge < -0.3 is 19.9 Å². The highest BCUT2D eigenvalue weighted by Crippen LogP contribution is 2.39. The molecule has 1 unspecified atom stereocenters. The molecular formula is C26H29N3O2S. The van der Waals surface area contributed by atoms with Gasteiger partial charge in [-0.05, 0) is 48.2 Å². The van der Waals surface area contributed by atoms with Gasteiger partial charge in [-0.3, -0.25) is 4.79 Å². The van der Waals surface area contributed by atoms with Gasteiger partial charge in [0.2, 0.25) is 0 Å². The lowest BCUT2D eigenvalue weighted by Crippen LogP contribution is -2.35. The smallest absolute Gasteiger partial charge is 0.265 e. The lowest BCUT2D eigenvalue weighted by Gasteiger charge is -2.28. The van der Waals surface area contributed by atoms with Crippen LogP contribution in [0.5, 0.6) is 0 Å². The molecule has 0 spiro atoms. The molecule has 2 fully saturated rings. The van der Waals surface area contributed by atoms with E-state index in [4.69, 9.17) is 4.74 Å². The molecule has 5 rings (SSSR count). The van der Waals surface area contributed by atoms with Gasteiger partial charge in [0.1, 0.15) is 0 Å². The van der Waals surface area contributed by atoms with Crippen molar-refractivity contribution in [3.05, 3.63) is 65.5 Å². The van der Waals surface area contributed by atoms with Crippen molar-refractivity contribution >= 4 is 33.6 Å². The minimum absolute atomic E-state index is 0.0609. The van der Waals surface area contributed by atoms with Gasteiger partial charge in [-0.15, -0.1) is 11.3 Å². The molecule has 1 amide bonds. The summed E-state index contributed by atoms with van der Waals surface area (Å²) in [6, 6.07) is 20.6. The van der Waals surface area contributed by atoms with Crippen molar-refractivity contribution in [3.8, 4) is 11.1 Å². The highest BCUT2D eigenvalue weighted by Gasteiger charge is 2.22. The molecule has 2 aromatic carbocycles. The van der Waals surface area contributed by atoms with Crippen LogP contribution in [0.2, 0.25) is 0 Å². The third-order valence-corrected chi connectivity index (χ3v) is 7.43. The van der Waals surface area contributed by atoms with Crippen LogP contribution in [0.3, 0.4) is 0 Å². The number of carbonyl (C=O) groups excluding carboxylic acids is 1.